The van der Waals surface area contributed by atoms with Gasteiger partial charge in [-0.05, 0) is 63.2 Å². The summed E-state index contributed by atoms with van der Waals surface area (Å²) in [4.78, 5) is 0. The highest BCUT2D eigenvalue weighted by molar-refractivity contribution is 5.03. The van der Waals surface area contributed by atoms with Crippen LogP contribution in [-0.2, 0) is 14.2 Å². The summed E-state index contributed by atoms with van der Waals surface area (Å²) in [7, 11) is 1.87. The Hall–Kier alpha value is -0.120. The van der Waals surface area contributed by atoms with E-state index in [1.165, 1.54) is 38.5 Å². The summed E-state index contributed by atoms with van der Waals surface area (Å²) in [6.45, 7) is 4.68. The highest BCUT2D eigenvalue weighted by atomic mass is 16.5. The molecule has 0 N–H and O–H groups in total. The van der Waals surface area contributed by atoms with Crippen molar-refractivity contribution in [2.75, 3.05) is 7.11 Å². The molecule has 2 saturated heterocycles. The Morgan fingerprint density at radius 3 is 2.48 bits per heavy atom. The third kappa shape index (κ3) is 2.36. The topological polar surface area (TPSA) is 27.7 Å². The van der Waals surface area contributed by atoms with Crippen LogP contribution in [0.3, 0.4) is 0 Å². The molecule has 120 valence electrons. The van der Waals surface area contributed by atoms with E-state index in [1.54, 1.807) is 0 Å². The first-order valence-electron chi connectivity index (χ1n) is 9.01. The Balaban J connectivity index is 1.60. The molecule has 4 aliphatic rings. The summed E-state index contributed by atoms with van der Waals surface area (Å²) in [6.07, 6.45) is 9.54. The SMILES string of the molecule is COC1CCC2OC3CCC(C)C4CC(C)OC4C3C2C1. The van der Waals surface area contributed by atoms with Crippen molar-refractivity contribution in [3.05, 3.63) is 0 Å². The first-order valence-corrected chi connectivity index (χ1v) is 9.01. The lowest BCUT2D eigenvalue weighted by Gasteiger charge is -2.36. The lowest BCUT2D eigenvalue weighted by Crippen LogP contribution is -2.40. The van der Waals surface area contributed by atoms with Gasteiger partial charge in [0.15, 0.2) is 0 Å². The molecule has 3 nitrogen and oxygen atoms in total. The van der Waals surface area contributed by atoms with E-state index in [1.807, 2.05) is 7.11 Å². The maximum Gasteiger partial charge on any atom is 0.0666 e. The van der Waals surface area contributed by atoms with Gasteiger partial charge in [0.1, 0.15) is 0 Å². The Kier molecular flexibility index (Phi) is 3.79. The van der Waals surface area contributed by atoms with E-state index in [0.717, 1.165) is 11.8 Å². The maximum absolute atomic E-state index is 6.50. The van der Waals surface area contributed by atoms with Crippen molar-refractivity contribution in [3.8, 4) is 0 Å². The van der Waals surface area contributed by atoms with Crippen LogP contribution < -0.4 is 0 Å². The summed E-state index contributed by atoms with van der Waals surface area (Å²) in [5.41, 5.74) is 0. The van der Waals surface area contributed by atoms with Gasteiger partial charge in [0, 0.05) is 13.0 Å². The Morgan fingerprint density at radius 2 is 1.67 bits per heavy atom. The number of methoxy groups -OCH3 is 1. The van der Waals surface area contributed by atoms with Gasteiger partial charge >= 0.3 is 0 Å². The molecule has 4 rings (SSSR count). The lowest BCUT2D eigenvalue weighted by atomic mass is 9.72. The summed E-state index contributed by atoms with van der Waals surface area (Å²) in [6, 6.07) is 0. The first-order chi connectivity index (χ1) is 10.2. The van der Waals surface area contributed by atoms with E-state index in [4.69, 9.17) is 14.2 Å². The predicted molar refractivity (Wildman–Crippen MR) is 81.1 cm³/mol. The van der Waals surface area contributed by atoms with Crippen LogP contribution in [0.2, 0.25) is 0 Å². The second-order valence-corrected chi connectivity index (χ2v) is 7.99. The van der Waals surface area contributed by atoms with Crippen molar-refractivity contribution < 1.29 is 14.2 Å². The van der Waals surface area contributed by atoms with Crippen LogP contribution in [0, 0.1) is 23.7 Å². The Labute approximate surface area is 128 Å². The molecular weight excluding hydrogens is 264 g/mol. The minimum atomic E-state index is 0.432. The molecule has 0 bridgehead atoms. The smallest absolute Gasteiger partial charge is 0.0666 e. The fourth-order valence-corrected chi connectivity index (χ4v) is 5.75. The van der Waals surface area contributed by atoms with E-state index in [0.29, 0.717) is 42.4 Å². The van der Waals surface area contributed by atoms with Crippen molar-refractivity contribution in [2.24, 2.45) is 23.7 Å². The number of fused-ring (bicyclic) bond motifs is 5. The van der Waals surface area contributed by atoms with Gasteiger partial charge in [-0.1, -0.05) is 6.92 Å². The van der Waals surface area contributed by atoms with E-state index < -0.39 is 0 Å². The molecule has 2 saturated carbocycles. The minimum absolute atomic E-state index is 0.432. The maximum atomic E-state index is 6.50. The van der Waals surface area contributed by atoms with Gasteiger partial charge in [0.2, 0.25) is 0 Å². The summed E-state index contributed by atoms with van der Waals surface area (Å²) in [5.74, 6) is 2.82. The zero-order valence-corrected chi connectivity index (χ0v) is 13.7. The molecule has 2 heterocycles. The fraction of sp³-hybridized carbons (Fsp3) is 1.00. The molecule has 3 heteroatoms. The van der Waals surface area contributed by atoms with Crippen LogP contribution in [0.4, 0.5) is 0 Å². The van der Waals surface area contributed by atoms with Crippen molar-refractivity contribution in [1.82, 2.24) is 0 Å². The third-order valence-electron chi connectivity index (χ3n) is 6.82. The van der Waals surface area contributed by atoms with Gasteiger partial charge < -0.3 is 14.2 Å². The summed E-state index contributed by atoms with van der Waals surface area (Å²) in [5, 5.41) is 0. The quantitative estimate of drug-likeness (QED) is 0.742. The van der Waals surface area contributed by atoms with Gasteiger partial charge in [0.25, 0.3) is 0 Å². The van der Waals surface area contributed by atoms with Gasteiger partial charge in [-0.2, -0.15) is 0 Å². The molecular formula is C18H30O3. The average molecular weight is 294 g/mol. The molecule has 21 heavy (non-hydrogen) atoms. The van der Waals surface area contributed by atoms with Crippen molar-refractivity contribution >= 4 is 0 Å². The number of hydrogen-bond donors (Lipinski definition) is 0. The van der Waals surface area contributed by atoms with Crippen LogP contribution >= 0.6 is 0 Å². The molecule has 2 aliphatic carbocycles. The van der Waals surface area contributed by atoms with E-state index in [9.17, 15) is 0 Å². The summed E-state index contributed by atoms with van der Waals surface area (Å²) >= 11 is 0. The largest absolute Gasteiger partial charge is 0.381 e. The number of rotatable bonds is 1. The molecule has 0 radical (unpaired) electrons. The number of hydrogen-bond acceptors (Lipinski definition) is 3. The monoisotopic (exact) mass is 294 g/mol. The van der Waals surface area contributed by atoms with Crippen LogP contribution in [0.25, 0.3) is 0 Å². The summed E-state index contributed by atoms with van der Waals surface area (Å²) < 4.78 is 18.6. The second-order valence-electron chi connectivity index (χ2n) is 7.99. The Bertz CT molecular complexity index is 385. The molecule has 9 atom stereocenters. The average Bonchev–Trinajstić information content (AvgIpc) is 3.00. The van der Waals surface area contributed by atoms with Crippen LogP contribution in [0.5, 0.6) is 0 Å². The molecule has 0 spiro atoms. The minimum Gasteiger partial charge on any atom is -0.381 e. The zero-order chi connectivity index (χ0) is 14.6. The van der Waals surface area contributed by atoms with E-state index in [2.05, 4.69) is 13.8 Å². The van der Waals surface area contributed by atoms with Crippen LogP contribution in [0.15, 0.2) is 0 Å². The molecule has 0 aromatic heterocycles. The van der Waals surface area contributed by atoms with Crippen LogP contribution in [-0.4, -0.2) is 37.6 Å². The molecule has 0 aromatic carbocycles. The standard InChI is InChI=1S/C18H30O3/c1-10-4-6-16-17(18-13(10)8-11(2)20-18)14-9-12(19-3)5-7-15(14)21-16/h10-18H,4-9H2,1-3H3. The predicted octanol–water partition coefficient (Wildman–Crippen LogP) is 3.41. The van der Waals surface area contributed by atoms with Crippen molar-refractivity contribution in [3.63, 3.8) is 0 Å². The molecule has 0 amide bonds. The van der Waals surface area contributed by atoms with Gasteiger partial charge in [-0.15, -0.1) is 0 Å². The number of ether oxygens (including phenoxy) is 3. The van der Waals surface area contributed by atoms with E-state index >= 15 is 0 Å². The second kappa shape index (κ2) is 5.50. The van der Waals surface area contributed by atoms with Crippen LogP contribution in [0.1, 0.15) is 52.4 Å². The Morgan fingerprint density at radius 1 is 0.857 bits per heavy atom. The van der Waals surface area contributed by atoms with Gasteiger partial charge in [-0.25, -0.2) is 0 Å². The normalized spacial score (nSPS) is 56.4. The fourth-order valence-electron chi connectivity index (χ4n) is 5.75. The van der Waals surface area contributed by atoms with Crippen molar-refractivity contribution in [1.29, 1.82) is 0 Å². The van der Waals surface area contributed by atoms with E-state index in [-0.39, 0.29) is 0 Å². The highest BCUT2D eigenvalue weighted by Crippen LogP contribution is 2.53. The van der Waals surface area contributed by atoms with Gasteiger partial charge in [0.05, 0.1) is 30.5 Å². The molecule has 9 unspecified atom stereocenters. The molecule has 0 aromatic rings. The zero-order valence-electron chi connectivity index (χ0n) is 13.7. The lowest BCUT2D eigenvalue weighted by molar-refractivity contribution is -0.0315. The first kappa shape index (κ1) is 14.5. The van der Waals surface area contributed by atoms with Crippen molar-refractivity contribution in [2.45, 2.75) is 82.9 Å². The molecule has 2 aliphatic heterocycles. The molecule has 4 fully saturated rings. The third-order valence-corrected chi connectivity index (χ3v) is 6.82. The van der Waals surface area contributed by atoms with Gasteiger partial charge in [-0.3, -0.25) is 0 Å². The highest BCUT2D eigenvalue weighted by Gasteiger charge is 2.55.